The molecule has 2 rings (SSSR count). The Hall–Kier alpha value is -1.47. The lowest BCUT2D eigenvalue weighted by Gasteiger charge is -2.19. The molecule has 0 bridgehead atoms. The Kier molecular flexibility index (Phi) is 4.34. The van der Waals surface area contributed by atoms with Gasteiger partial charge in [0.05, 0.1) is 5.56 Å². The van der Waals surface area contributed by atoms with E-state index in [2.05, 4.69) is 11.6 Å². The Labute approximate surface area is 123 Å². The van der Waals surface area contributed by atoms with Crippen molar-refractivity contribution in [1.29, 1.82) is 0 Å². The zero-order valence-electron chi connectivity index (χ0n) is 11.8. The summed E-state index contributed by atoms with van der Waals surface area (Å²) in [5.41, 5.74) is -0.283. The van der Waals surface area contributed by atoms with Crippen LogP contribution in [-0.2, 0) is 10.0 Å². The maximum Gasteiger partial charge on any atom is 0.335 e. The molecule has 7 heteroatoms. The quantitative estimate of drug-likeness (QED) is 0.892. The molecule has 1 aromatic carbocycles. The summed E-state index contributed by atoms with van der Waals surface area (Å²) >= 11 is 0. The van der Waals surface area contributed by atoms with Crippen molar-refractivity contribution in [2.75, 3.05) is 0 Å². The van der Waals surface area contributed by atoms with E-state index in [1.165, 1.54) is 0 Å². The Morgan fingerprint density at radius 2 is 2.00 bits per heavy atom. The van der Waals surface area contributed by atoms with Gasteiger partial charge in [-0.15, -0.1) is 0 Å². The number of carboxylic acids is 1. The number of rotatable bonds is 4. The van der Waals surface area contributed by atoms with E-state index in [1.54, 1.807) is 0 Å². The topological polar surface area (TPSA) is 83.5 Å². The number of sulfonamides is 1. The molecule has 0 saturated heterocycles. The summed E-state index contributed by atoms with van der Waals surface area (Å²) in [5.74, 6) is -1.76. The first-order chi connectivity index (χ1) is 9.72. The summed E-state index contributed by atoms with van der Waals surface area (Å²) in [6.45, 7) is 4.02. The van der Waals surface area contributed by atoms with Crippen LogP contribution in [0, 0.1) is 17.7 Å². The van der Waals surface area contributed by atoms with Crippen LogP contribution in [0.5, 0.6) is 0 Å². The molecule has 0 aliphatic heterocycles. The molecule has 1 saturated carbocycles. The van der Waals surface area contributed by atoms with Gasteiger partial charge < -0.3 is 5.11 Å². The predicted octanol–water partition coefficient (Wildman–Crippen LogP) is 2.24. The standard InChI is InChI=1S/C14H18FNO4S/c1-8-3-5-12(9(8)2)16-21(19,20)13-6-4-10(14(17)18)7-11(13)15/h4,6-9,12,16H,3,5H2,1-2H3,(H,17,18). The Morgan fingerprint density at radius 1 is 1.33 bits per heavy atom. The summed E-state index contributed by atoms with van der Waals surface area (Å²) in [6.07, 6.45) is 1.64. The number of aromatic carboxylic acids is 1. The third kappa shape index (κ3) is 3.24. The van der Waals surface area contributed by atoms with Gasteiger partial charge in [0.1, 0.15) is 10.7 Å². The van der Waals surface area contributed by atoms with E-state index in [9.17, 15) is 17.6 Å². The number of nitrogens with one attached hydrogen (secondary N) is 1. The highest BCUT2D eigenvalue weighted by atomic mass is 32.2. The molecule has 116 valence electrons. The molecule has 0 spiro atoms. The van der Waals surface area contributed by atoms with Gasteiger partial charge in [-0.1, -0.05) is 13.8 Å². The first-order valence-corrected chi connectivity index (χ1v) is 8.26. The van der Waals surface area contributed by atoms with Gasteiger partial charge in [-0.2, -0.15) is 0 Å². The zero-order chi connectivity index (χ0) is 15.8. The summed E-state index contributed by atoms with van der Waals surface area (Å²) in [5, 5.41) is 8.76. The Bertz CT molecular complexity index is 659. The van der Waals surface area contributed by atoms with E-state index < -0.39 is 26.7 Å². The van der Waals surface area contributed by atoms with E-state index in [-0.39, 0.29) is 17.5 Å². The second-order valence-corrected chi connectivity index (χ2v) is 7.27. The normalized spacial score (nSPS) is 26.0. The van der Waals surface area contributed by atoms with E-state index in [0.717, 1.165) is 31.0 Å². The van der Waals surface area contributed by atoms with Crippen molar-refractivity contribution < 1.29 is 22.7 Å². The number of benzene rings is 1. The van der Waals surface area contributed by atoms with Crippen LogP contribution in [0.1, 0.15) is 37.0 Å². The molecule has 0 aromatic heterocycles. The van der Waals surface area contributed by atoms with Crippen molar-refractivity contribution >= 4 is 16.0 Å². The second kappa shape index (κ2) is 5.73. The highest BCUT2D eigenvalue weighted by molar-refractivity contribution is 7.89. The lowest BCUT2D eigenvalue weighted by molar-refractivity contribution is 0.0696. The zero-order valence-corrected chi connectivity index (χ0v) is 12.7. The van der Waals surface area contributed by atoms with Crippen LogP contribution in [0.25, 0.3) is 0 Å². The summed E-state index contributed by atoms with van der Waals surface area (Å²) in [7, 11) is -3.99. The maximum absolute atomic E-state index is 13.9. The number of carbonyl (C=O) groups is 1. The van der Waals surface area contributed by atoms with Crippen molar-refractivity contribution in [3.8, 4) is 0 Å². The van der Waals surface area contributed by atoms with Gasteiger partial charge in [0.15, 0.2) is 0 Å². The van der Waals surface area contributed by atoms with Crippen LogP contribution >= 0.6 is 0 Å². The third-order valence-electron chi connectivity index (χ3n) is 4.24. The van der Waals surface area contributed by atoms with Crippen LogP contribution in [0.4, 0.5) is 4.39 Å². The molecule has 1 aromatic rings. The van der Waals surface area contributed by atoms with E-state index in [1.807, 2.05) is 6.92 Å². The minimum atomic E-state index is -3.99. The average molecular weight is 315 g/mol. The fourth-order valence-corrected chi connectivity index (χ4v) is 4.07. The highest BCUT2D eigenvalue weighted by Gasteiger charge is 2.33. The van der Waals surface area contributed by atoms with Crippen molar-refractivity contribution in [2.45, 2.75) is 37.6 Å². The van der Waals surface area contributed by atoms with Crippen LogP contribution in [-0.4, -0.2) is 25.5 Å². The monoisotopic (exact) mass is 315 g/mol. The first-order valence-electron chi connectivity index (χ1n) is 6.77. The highest BCUT2D eigenvalue weighted by Crippen LogP contribution is 2.32. The second-order valence-electron chi connectivity index (χ2n) is 5.59. The van der Waals surface area contributed by atoms with Crippen molar-refractivity contribution in [3.05, 3.63) is 29.6 Å². The van der Waals surface area contributed by atoms with Gasteiger partial charge in [0.25, 0.3) is 0 Å². The van der Waals surface area contributed by atoms with Crippen molar-refractivity contribution in [2.24, 2.45) is 11.8 Å². The molecule has 2 N–H and O–H groups in total. The Morgan fingerprint density at radius 3 is 2.48 bits per heavy atom. The first kappa shape index (κ1) is 15.9. The molecule has 0 amide bonds. The van der Waals surface area contributed by atoms with Gasteiger partial charge in [-0.3, -0.25) is 0 Å². The lowest BCUT2D eigenvalue weighted by Crippen LogP contribution is -2.37. The summed E-state index contributed by atoms with van der Waals surface area (Å²) < 4.78 is 40.9. The van der Waals surface area contributed by atoms with Gasteiger partial charge in [-0.25, -0.2) is 22.3 Å². The molecule has 21 heavy (non-hydrogen) atoms. The van der Waals surface area contributed by atoms with Gasteiger partial charge in [-0.05, 0) is 42.9 Å². The minimum absolute atomic E-state index is 0.182. The van der Waals surface area contributed by atoms with Crippen LogP contribution in [0.2, 0.25) is 0 Å². The summed E-state index contributed by atoms with van der Waals surface area (Å²) in [4.78, 5) is 10.2. The maximum atomic E-state index is 13.9. The van der Waals surface area contributed by atoms with E-state index in [4.69, 9.17) is 5.11 Å². The average Bonchev–Trinajstić information content (AvgIpc) is 2.69. The molecule has 0 radical (unpaired) electrons. The van der Waals surface area contributed by atoms with Gasteiger partial charge >= 0.3 is 5.97 Å². The Balaban J connectivity index is 2.26. The molecular formula is C14H18FNO4S. The minimum Gasteiger partial charge on any atom is -0.478 e. The predicted molar refractivity (Wildman–Crippen MR) is 75.0 cm³/mol. The third-order valence-corrected chi connectivity index (χ3v) is 5.76. The SMILES string of the molecule is CC1CCC(NS(=O)(=O)c2ccc(C(=O)O)cc2F)C1C. The van der Waals surface area contributed by atoms with E-state index in [0.29, 0.717) is 5.92 Å². The van der Waals surface area contributed by atoms with Gasteiger partial charge in [0.2, 0.25) is 10.0 Å². The molecule has 3 atom stereocenters. The molecular weight excluding hydrogens is 297 g/mol. The van der Waals surface area contributed by atoms with Crippen molar-refractivity contribution in [3.63, 3.8) is 0 Å². The lowest BCUT2D eigenvalue weighted by atomic mass is 9.98. The molecule has 1 fully saturated rings. The molecule has 5 nitrogen and oxygen atoms in total. The number of halogens is 1. The largest absolute Gasteiger partial charge is 0.478 e. The fourth-order valence-electron chi connectivity index (χ4n) is 2.65. The fraction of sp³-hybridized carbons (Fsp3) is 0.500. The smallest absolute Gasteiger partial charge is 0.335 e. The molecule has 0 heterocycles. The molecule has 1 aliphatic carbocycles. The number of carboxylic acid groups (broad SMARTS) is 1. The molecule has 3 unspecified atom stereocenters. The number of hydrogen-bond acceptors (Lipinski definition) is 3. The van der Waals surface area contributed by atoms with Gasteiger partial charge in [0, 0.05) is 6.04 Å². The van der Waals surface area contributed by atoms with E-state index >= 15 is 0 Å². The molecule has 1 aliphatic rings. The summed E-state index contributed by atoms with van der Waals surface area (Å²) in [6, 6.07) is 2.58. The van der Waals surface area contributed by atoms with Crippen LogP contribution in [0.15, 0.2) is 23.1 Å². The van der Waals surface area contributed by atoms with Crippen LogP contribution < -0.4 is 4.72 Å². The van der Waals surface area contributed by atoms with Crippen LogP contribution in [0.3, 0.4) is 0 Å². The number of hydrogen-bond donors (Lipinski definition) is 2. The van der Waals surface area contributed by atoms with Crippen molar-refractivity contribution in [1.82, 2.24) is 4.72 Å².